The van der Waals surface area contributed by atoms with Crippen LogP contribution >= 0.6 is 11.8 Å². The summed E-state index contributed by atoms with van der Waals surface area (Å²) in [6.07, 6.45) is 0. The summed E-state index contributed by atoms with van der Waals surface area (Å²) in [6, 6.07) is 7.56. The number of thioether (sulfide) groups is 1. The Hall–Kier alpha value is -0.834. The van der Waals surface area contributed by atoms with Crippen molar-refractivity contribution >= 4 is 23.4 Å². The molecule has 1 rings (SSSR count). The van der Waals surface area contributed by atoms with E-state index < -0.39 is 5.44 Å². The van der Waals surface area contributed by atoms with E-state index in [-0.39, 0.29) is 89.6 Å². The number of benzene rings is 1. The number of carbonyl (C=O) groups is 1. The molecule has 0 aliphatic carbocycles. The molecule has 1 aromatic carbocycles. The number of carbonyl (C=O) groups excluding carboxylic acids is 1. The molecule has 1 unspecified atom stereocenters. The molecule has 0 aromatic heterocycles. The third-order valence-corrected chi connectivity index (χ3v) is 4.47. The zero-order valence-corrected chi connectivity index (χ0v) is 25.3. The molecule has 1 atom stereocenters. The molecule has 188 valence electrons. The molecular formula is C24H35KN4O5S. The molecule has 0 heterocycles. The van der Waals surface area contributed by atoms with Crippen LogP contribution in [0.1, 0.15) is 27.7 Å². The van der Waals surface area contributed by atoms with Gasteiger partial charge in [0, 0.05) is 25.1 Å². The van der Waals surface area contributed by atoms with Gasteiger partial charge in [-0.2, -0.15) is 5.26 Å². The van der Waals surface area contributed by atoms with Crippen molar-refractivity contribution in [3.8, 4) is 23.0 Å². The molecule has 11 heteroatoms. The van der Waals surface area contributed by atoms with E-state index in [0.29, 0.717) is 37.2 Å². The second-order valence-corrected chi connectivity index (χ2v) is 8.60. The zero-order valence-electron chi connectivity index (χ0n) is 21.3. The van der Waals surface area contributed by atoms with Gasteiger partial charge in [-0.25, -0.2) is 0 Å². The summed E-state index contributed by atoms with van der Waals surface area (Å²) in [5, 5.41) is 16.9. The van der Waals surface area contributed by atoms with Crippen molar-refractivity contribution in [2.24, 2.45) is 5.92 Å². The largest absolute Gasteiger partial charge is 1.00 e. The van der Waals surface area contributed by atoms with E-state index in [0.717, 1.165) is 11.8 Å². The number of rotatable bonds is 17. The van der Waals surface area contributed by atoms with Crippen LogP contribution in [0.3, 0.4) is 0 Å². The fourth-order valence-electron chi connectivity index (χ4n) is 2.34. The Morgan fingerprint density at radius 1 is 1.20 bits per heavy atom. The van der Waals surface area contributed by atoms with E-state index in [4.69, 9.17) is 24.3 Å². The molecule has 0 saturated heterocycles. The molecular weight excluding hydrogens is 495 g/mol. The molecule has 0 saturated carbocycles. The maximum absolute atomic E-state index is 11.7. The monoisotopic (exact) mass is 530 g/mol. The van der Waals surface area contributed by atoms with Gasteiger partial charge in [0.2, 0.25) is 5.91 Å². The second-order valence-electron chi connectivity index (χ2n) is 7.66. The van der Waals surface area contributed by atoms with Crippen LogP contribution in [0, 0.1) is 28.4 Å². The molecule has 2 N–H and O–H groups in total. The standard InChI is InChI=1S/C24H35N4O5S.K/c1-19(2)7-6-10-27-23(29)16-30-13-14-31-24(34-18-25)17-32-22-9-5-8-21(15-22)28-33-12-11-26-20(3)4;/h5,8-9,15,19-20,24,26H,10-14,16-17H2,1-4H3,(H,27,29);/q-1;+1. The van der Waals surface area contributed by atoms with Crippen molar-refractivity contribution in [1.29, 1.82) is 5.26 Å². The fraction of sp³-hybridized carbons (Fsp3) is 0.583. The van der Waals surface area contributed by atoms with Crippen molar-refractivity contribution in [1.82, 2.24) is 10.6 Å². The van der Waals surface area contributed by atoms with Crippen LogP contribution in [0.15, 0.2) is 24.3 Å². The summed E-state index contributed by atoms with van der Waals surface area (Å²) in [7, 11) is 0. The van der Waals surface area contributed by atoms with Crippen LogP contribution in [-0.4, -0.2) is 63.5 Å². The van der Waals surface area contributed by atoms with Gasteiger partial charge in [-0.05, 0) is 23.9 Å². The Balaban J connectivity index is 0.0000116. The minimum atomic E-state index is -0.507. The van der Waals surface area contributed by atoms with Crippen molar-refractivity contribution in [3.63, 3.8) is 0 Å². The Kier molecular flexibility index (Phi) is 21.8. The first-order valence-electron chi connectivity index (χ1n) is 11.2. The number of amides is 1. The maximum Gasteiger partial charge on any atom is 1.00 e. The number of ether oxygens (including phenoxy) is 3. The molecule has 0 radical (unpaired) electrons. The Morgan fingerprint density at radius 2 is 2.00 bits per heavy atom. The first kappa shape index (κ1) is 34.2. The first-order valence-corrected chi connectivity index (χ1v) is 12.1. The number of thiocyanates is 1. The molecule has 0 fully saturated rings. The quantitative estimate of drug-likeness (QED) is 0.0741. The summed E-state index contributed by atoms with van der Waals surface area (Å²) >= 11 is 0.955. The normalized spacial score (nSPS) is 11.1. The van der Waals surface area contributed by atoms with Crippen LogP contribution in [0.5, 0.6) is 5.75 Å². The van der Waals surface area contributed by atoms with E-state index in [2.05, 4.69) is 41.8 Å². The Bertz CT molecular complexity index is 811. The zero-order chi connectivity index (χ0) is 25.0. The Labute approximate surface area is 256 Å². The summed E-state index contributed by atoms with van der Waals surface area (Å²) in [4.78, 5) is 17.0. The summed E-state index contributed by atoms with van der Waals surface area (Å²) < 4.78 is 16.7. The van der Waals surface area contributed by atoms with Gasteiger partial charge in [-0.1, -0.05) is 51.7 Å². The van der Waals surface area contributed by atoms with Crippen LogP contribution in [-0.2, 0) is 19.1 Å². The molecule has 0 aliphatic heterocycles. The van der Waals surface area contributed by atoms with Crippen LogP contribution in [0.2, 0.25) is 0 Å². The average molecular weight is 531 g/mol. The van der Waals surface area contributed by atoms with Crippen LogP contribution in [0.25, 0.3) is 5.48 Å². The number of nitrogens with zero attached hydrogens (tertiary/aromatic N) is 2. The van der Waals surface area contributed by atoms with E-state index in [1.54, 1.807) is 12.1 Å². The van der Waals surface area contributed by atoms with Crippen molar-refractivity contribution < 1.29 is 75.2 Å². The topological polar surface area (TPSA) is 116 Å². The maximum atomic E-state index is 11.7. The van der Waals surface area contributed by atoms with E-state index in [1.807, 2.05) is 31.4 Å². The van der Waals surface area contributed by atoms with Gasteiger partial charge in [0.05, 0.1) is 19.8 Å². The molecule has 1 amide bonds. The van der Waals surface area contributed by atoms with Crippen molar-refractivity contribution in [3.05, 3.63) is 29.7 Å². The molecule has 1 aromatic rings. The first-order chi connectivity index (χ1) is 16.4. The van der Waals surface area contributed by atoms with Gasteiger partial charge in [0.1, 0.15) is 24.4 Å². The van der Waals surface area contributed by atoms with E-state index in [1.165, 1.54) is 0 Å². The minimum absolute atomic E-state index is 0. The van der Waals surface area contributed by atoms with Gasteiger partial charge >= 0.3 is 51.4 Å². The third-order valence-electron chi connectivity index (χ3n) is 3.83. The second kappa shape index (κ2) is 22.4. The predicted octanol–water partition coefficient (Wildman–Crippen LogP) is 0.353. The average Bonchev–Trinajstić information content (AvgIpc) is 2.79. The molecule has 9 nitrogen and oxygen atoms in total. The summed E-state index contributed by atoms with van der Waals surface area (Å²) in [5.41, 5.74) is 4.20. The smallest absolute Gasteiger partial charge is 0.562 e. The van der Waals surface area contributed by atoms with Crippen molar-refractivity contribution in [2.75, 3.05) is 46.1 Å². The molecule has 35 heavy (non-hydrogen) atoms. The van der Waals surface area contributed by atoms with Gasteiger partial charge in [0.15, 0.2) is 5.44 Å². The molecule has 0 spiro atoms. The number of nitrogens with one attached hydrogen (secondary N) is 2. The number of nitriles is 1. The third kappa shape index (κ3) is 20.0. The van der Waals surface area contributed by atoms with Crippen LogP contribution in [0.4, 0.5) is 5.69 Å². The predicted molar refractivity (Wildman–Crippen MR) is 133 cm³/mol. The summed E-state index contributed by atoms with van der Waals surface area (Å²) in [6.45, 7) is 10.1. The molecule has 0 bridgehead atoms. The molecule has 0 aliphatic rings. The van der Waals surface area contributed by atoms with Gasteiger partial charge in [-0.3, -0.25) is 4.79 Å². The number of hydrogen-bond acceptors (Lipinski definition) is 8. The number of hydrogen-bond donors (Lipinski definition) is 2. The fourth-order valence-corrected chi connectivity index (χ4v) is 2.75. The summed E-state index contributed by atoms with van der Waals surface area (Å²) in [5.74, 6) is 6.45. The SMILES string of the molecule is CC(C)C#CCNC(=O)COCCOC(COc1cccc([N-]OCCNC(C)C)c1)SC#N.[K+]. The van der Waals surface area contributed by atoms with Gasteiger partial charge in [0.25, 0.3) is 0 Å². The van der Waals surface area contributed by atoms with E-state index >= 15 is 0 Å². The van der Waals surface area contributed by atoms with Gasteiger partial charge in [-0.15, -0.1) is 5.69 Å². The van der Waals surface area contributed by atoms with Gasteiger partial charge < -0.3 is 35.2 Å². The minimum Gasteiger partial charge on any atom is -0.562 e. The van der Waals surface area contributed by atoms with Crippen molar-refractivity contribution in [2.45, 2.75) is 39.2 Å². The van der Waals surface area contributed by atoms with E-state index in [9.17, 15) is 4.79 Å². The Morgan fingerprint density at radius 3 is 2.71 bits per heavy atom. The van der Waals surface area contributed by atoms with Crippen LogP contribution < -0.4 is 66.8 Å².